The van der Waals surface area contributed by atoms with E-state index in [0.29, 0.717) is 23.6 Å². The zero-order chi connectivity index (χ0) is 17.6. The molecule has 3 rings (SSSR count). The van der Waals surface area contributed by atoms with Crippen molar-refractivity contribution in [2.75, 3.05) is 7.11 Å². The van der Waals surface area contributed by atoms with Gasteiger partial charge in [0.2, 0.25) is 5.88 Å². The number of methoxy groups -OCH3 is 1. The van der Waals surface area contributed by atoms with Crippen LogP contribution in [-0.2, 0) is 6.61 Å². The molecule has 0 saturated carbocycles. The van der Waals surface area contributed by atoms with Crippen LogP contribution in [0.3, 0.4) is 0 Å². The smallest absolute Gasteiger partial charge is 0.222 e. The highest BCUT2D eigenvalue weighted by Gasteiger charge is 2.14. The van der Waals surface area contributed by atoms with Gasteiger partial charge in [-0.2, -0.15) is 0 Å². The van der Waals surface area contributed by atoms with Crippen LogP contribution in [-0.4, -0.2) is 28.5 Å². The normalized spacial score (nSPS) is 10.3. The Morgan fingerprint density at radius 2 is 1.88 bits per heavy atom. The molecule has 6 nitrogen and oxygen atoms in total. The fourth-order valence-electron chi connectivity index (χ4n) is 2.46. The number of carbonyl (C=O) groups is 1. The zero-order valence-corrected chi connectivity index (χ0v) is 13.5. The van der Waals surface area contributed by atoms with Crippen LogP contribution in [0.4, 0.5) is 0 Å². The predicted octanol–water partition coefficient (Wildman–Crippen LogP) is 3.25. The standard InChI is InChI=1S/C19H16N2O4/c1-24-19-14(6-4-10-21-19)18-13(5-3-9-20-18)12-25-17-8-2-7-16(23)15(17)11-22/h2-11,23H,12H2,1H3. The van der Waals surface area contributed by atoms with Crippen molar-refractivity contribution in [2.45, 2.75) is 6.61 Å². The van der Waals surface area contributed by atoms with Gasteiger partial charge in [0.05, 0.1) is 23.9 Å². The largest absolute Gasteiger partial charge is 0.507 e. The van der Waals surface area contributed by atoms with Crippen LogP contribution in [0.5, 0.6) is 17.4 Å². The van der Waals surface area contributed by atoms with Gasteiger partial charge in [-0.05, 0) is 30.3 Å². The number of benzene rings is 1. The fraction of sp³-hybridized carbons (Fsp3) is 0.105. The van der Waals surface area contributed by atoms with Crippen molar-refractivity contribution in [3.63, 3.8) is 0 Å². The molecule has 0 atom stereocenters. The molecule has 0 aliphatic carbocycles. The molecule has 2 aromatic heterocycles. The number of rotatable bonds is 6. The Morgan fingerprint density at radius 3 is 2.68 bits per heavy atom. The topological polar surface area (TPSA) is 81.5 Å². The lowest BCUT2D eigenvalue weighted by atomic mass is 10.1. The summed E-state index contributed by atoms with van der Waals surface area (Å²) in [5.74, 6) is 0.657. The molecule has 2 heterocycles. The van der Waals surface area contributed by atoms with Crippen molar-refractivity contribution in [1.82, 2.24) is 9.97 Å². The molecule has 0 saturated heterocycles. The van der Waals surface area contributed by atoms with E-state index in [1.54, 1.807) is 43.8 Å². The average Bonchev–Trinajstić information content (AvgIpc) is 2.66. The van der Waals surface area contributed by atoms with Gasteiger partial charge in [0.1, 0.15) is 18.1 Å². The molecule has 6 heteroatoms. The van der Waals surface area contributed by atoms with E-state index >= 15 is 0 Å². The Kier molecular flexibility index (Phi) is 4.89. The molecule has 0 aliphatic heterocycles. The van der Waals surface area contributed by atoms with Gasteiger partial charge in [-0.1, -0.05) is 12.1 Å². The van der Waals surface area contributed by atoms with E-state index in [4.69, 9.17) is 9.47 Å². The molecule has 1 aromatic carbocycles. The number of hydrogen-bond donors (Lipinski definition) is 1. The number of aldehydes is 1. The molecular formula is C19H16N2O4. The van der Waals surface area contributed by atoms with Crippen molar-refractivity contribution in [3.8, 4) is 28.6 Å². The maximum absolute atomic E-state index is 11.2. The SMILES string of the molecule is COc1ncccc1-c1ncccc1COc1cccc(O)c1C=O. The Hall–Kier alpha value is -3.41. The van der Waals surface area contributed by atoms with Gasteiger partial charge in [0.25, 0.3) is 0 Å². The average molecular weight is 336 g/mol. The first kappa shape index (κ1) is 16.4. The molecule has 3 aromatic rings. The molecule has 0 aliphatic rings. The molecular weight excluding hydrogens is 320 g/mol. The van der Waals surface area contributed by atoms with E-state index in [2.05, 4.69) is 9.97 Å². The van der Waals surface area contributed by atoms with Gasteiger partial charge in [0.15, 0.2) is 6.29 Å². The quantitative estimate of drug-likeness (QED) is 0.696. The minimum atomic E-state index is -0.118. The van der Waals surface area contributed by atoms with Gasteiger partial charge in [0, 0.05) is 18.0 Å². The van der Waals surface area contributed by atoms with Gasteiger partial charge >= 0.3 is 0 Å². The number of hydrogen-bond acceptors (Lipinski definition) is 6. The van der Waals surface area contributed by atoms with Crippen molar-refractivity contribution < 1.29 is 19.4 Å². The Balaban J connectivity index is 1.93. The van der Waals surface area contributed by atoms with E-state index in [1.165, 1.54) is 6.07 Å². The second kappa shape index (κ2) is 7.44. The van der Waals surface area contributed by atoms with Crippen LogP contribution in [0.2, 0.25) is 0 Å². The predicted molar refractivity (Wildman–Crippen MR) is 91.8 cm³/mol. The lowest BCUT2D eigenvalue weighted by Gasteiger charge is -2.13. The molecule has 0 amide bonds. The maximum atomic E-state index is 11.2. The first-order valence-electron chi connectivity index (χ1n) is 7.58. The molecule has 0 unspecified atom stereocenters. The van der Waals surface area contributed by atoms with Gasteiger partial charge < -0.3 is 14.6 Å². The highest BCUT2D eigenvalue weighted by molar-refractivity contribution is 5.83. The van der Waals surface area contributed by atoms with Gasteiger partial charge in [-0.25, -0.2) is 4.98 Å². The summed E-state index contributed by atoms with van der Waals surface area (Å²) in [6.07, 6.45) is 3.89. The number of phenols is 1. The Bertz CT molecular complexity index is 896. The highest BCUT2D eigenvalue weighted by atomic mass is 16.5. The number of carbonyl (C=O) groups excluding carboxylic acids is 1. The number of aromatic hydroxyl groups is 1. The number of phenolic OH excluding ortho intramolecular Hbond substituents is 1. The Morgan fingerprint density at radius 1 is 1.08 bits per heavy atom. The molecule has 0 bridgehead atoms. The van der Waals surface area contributed by atoms with Crippen molar-refractivity contribution in [2.24, 2.45) is 0 Å². The molecule has 0 radical (unpaired) electrons. The lowest BCUT2D eigenvalue weighted by Crippen LogP contribution is -2.02. The third-order valence-electron chi connectivity index (χ3n) is 3.66. The second-order valence-electron chi connectivity index (χ2n) is 5.17. The minimum Gasteiger partial charge on any atom is -0.507 e. The van der Waals surface area contributed by atoms with Crippen LogP contribution < -0.4 is 9.47 Å². The third kappa shape index (κ3) is 3.42. The van der Waals surface area contributed by atoms with Crippen molar-refractivity contribution >= 4 is 6.29 Å². The summed E-state index contributed by atoms with van der Waals surface area (Å²) in [5.41, 5.74) is 2.34. The summed E-state index contributed by atoms with van der Waals surface area (Å²) in [6, 6.07) is 12.0. The maximum Gasteiger partial charge on any atom is 0.222 e. The van der Waals surface area contributed by atoms with Crippen LogP contribution in [0.25, 0.3) is 11.3 Å². The van der Waals surface area contributed by atoms with E-state index < -0.39 is 0 Å². The Labute approximate surface area is 144 Å². The second-order valence-corrected chi connectivity index (χ2v) is 5.17. The fourth-order valence-corrected chi connectivity index (χ4v) is 2.46. The monoisotopic (exact) mass is 336 g/mol. The summed E-state index contributed by atoms with van der Waals surface area (Å²) < 4.78 is 11.0. The first-order chi connectivity index (χ1) is 12.2. The van der Waals surface area contributed by atoms with Crippen LogP contribution in [0.15, 0.2) is 54.9 Å². The summed E-state index contributed by atoms with van der Waals surface area (Å²) in [7, 11) is 1.55. The molecule has 0 fully saturated rings. The summed E-state index contributed by atoms with van der Waals surface area (Å²) in [4.78, 5) is 19.8. The molecule has 0 spiro atoms. The minimum absolute atomic E-state index is 0.117. The van der Waals surface area contributed by atoms with Crippen LogP contribution in [0.1, 0.15) is 15.9 Å². The summed E-state index contributed by atoms with van der Waals surface area (Å²) in [6.45, 7) is 0.172. The number of nitrogens with zero attached hydrogens (tertiary/aromatic N) is 2. The van der Waals surface area contributed by atoms with E-state index in [0.717, 1.165) is 11.1 Å². The van der Waals surface area contributed by atoms with Gasteiger partial charge in [-0.15, -0.1) is 0 Å². The van der Waals surface area contributed by atoms with Crippen LogP contribution >= 0.6 is 0 Å². The highest BCUT2D eigenvalue weighted by Crippen LogP contribution is 2.30. The molecule has 25 heavy (non-hydrogen) atoms. The van der Waals surface area contributed by atoms with Crippen LogP contribution in [0, 0.1) is 0 Å². The van der Waals surface area contributed by atoms with Crippen molar-refractivity contribution in [1.29, 1.82) is 0 Å². The third-order valence-corrected chi connectivity index (χ3v) is 3.66. The number of pyridine rings is 2. The molecule has 126 valence electrons. The zero-order valence-electron chi connectivity index (χ0n) is 13.5. The van der Waals surface area contributed by atoms with E-state index in [9.17, 15) is 9.90 Å². The van der Waals surface area contributed by atoms with Crippen molar-refractivity contribution in [3.05, 3.63) is 66.0 Å². The first-order valence-corrected chi connectivity index (χ1v) is 7.58. The van der Waals surface area contributed by atoms with E-state index in [-0.39, 0.29) is 17.9 Å². The summed E-state index contributed by atoms with van der Waals surface area (Å²) >= 11 is 0. The lowest BCUT2D eigenvalue weighted by molar-refractivity contribution is 0.111. The van der Waals surface area contributed by atoms with Gasteiger partial charge in [-0.3, -0.25) is 9.78 Å². The summed E-state index contributed by atoms with van der Waals surface area (Å²) in [5, 5.41) is 9.74. The number of ether oxygens (including phenoxy) is 2. The number of aromatic nitrogens is 2. The van der Waals surface area contributed by atoms with E-state index in [1.807, 2.05) is 12.1 Å². The molecule has 1 N–H and O–H groups in total.